The molecule has 1 rings (SSSR count). The van der Waals surface area contributed by atoms with Crippen LogP contribution in [0, 0.1) is 5.41 Å². The standard InChI is InChI=1S/C15H22N2O4/c1-15(2,3)12(16)13(19)17-11(14(20)21)8-9-4-6-10(18)7-5-9/h4-7,11-12,18H,8,16H2,1-3H3,(H,17,19)(H,20,21)/t11-,12?/m0/s1. The molecule has 2 atom stereocenters. The third-order valence-electron chi connectivity index (χ3n) is 3.21. The van der Waals surface area contributed by atoms with E-state index in [0.717, 1.165) is 0 Å². The summed E-state index contributed by atoms with van der Waals surface area (Å²) in [5.74, 6) is -1.52. The number of aromatic hydroxyl groups is 1. The third-order valence-corrected chi connectivity index (χ3v) is 3.21. The zero-order chi connectivity index (χ0) is 16.2. The van der Waals surface area contributed by atoms with Gasteiger partial charge >= 0.3 is 5.97 Å². The van der Waals surface area contributed by atoms with E-state index in [2.05, 4.69) is 5.32 Å². The molecule has 0 aliphatic carbocycles. The van der Waals surface area contributed by atoms with Crippen molar-refractivity contribution in [3.05, 3.63) is 29.8 Å². The lowest BCUT2D eigenvalue weighted by molar-refractivity contribution is -0.142. The molecule has 0 aromatic heterocycles. The molecule has 0 fully saturated rings. The van der Waals surface area contributed by atoms with Crippen LogP contribution in [0.25, 0.3) is 0 Å². The van der Waals surface area contributed by atoms with Crippen molar-refractivity contribution in [1.29, 1.82) is 0 Å². The van der Waals surface area contributed by atoms with Crippen LogP contribution < -0.4 is 11.1 Å². The monoisotopic (exact) mass is 294 g/mol. The molecule has 0 saturated heterocycles. The lowest BCUT2D eigenvalue weighted by Gasteiger charge is -2.27. The van der Waals surface area contributed by atoms with Gasteiger partial charge in [-0.2, -0.15) is 0 Å². The fraction of sp³-hybridized carbons (Fsp3) is 0.467. The van der Waals surface area contributed by atoms with Crippen LogP contribution in [0.2, 0.25) is 0 Å². The second-order valence-electron chi connectivity index (χ2n) is 6.11. The first-order valence-electron chi connectivity index (χ1n) is 6.68. The van der Waals surface area contributed by atoms with Gasteiger partial charge in [0.05, 0.1) is 6.04 Å². The summed E-state index contributed by atoms with van der Waals surface area (Å²) in [5, 5.41) is 20.9. The molecule has 1 aromatic rings. The number of phenolic OH excluding ortho intramolecular Hbond substituents is 1. The molecule has 1 amide bonds. The highest BCUT2D eigenvalue weighted by atomic mass is 16.4. The number of hydrogen-bond acceptors (Lipinski definition) is 4. The van der Waals surface area contributed by atoms with Gasteiger partial charge in [-0.25, -0.2) is 4.79 Å². The second-order valence-corrected chi connectivity index (χ2v) is 6.11. The summed E-state index contributed by atoms with van der Waals surface area (Å²) in [6.45, 7) is 5.44. The average molecular weight is 294 g/mol. The molecule has 1 aromatic carbocycles. The second kappa shape index (κ2) is 6.58. The Hall–Kier alpha value is -2.08. The van der Waals surface area contributed by atoms with Gasteiger partial charge in [0, 0.05) is 6.42 Å². The first kappa shape index (κ1) is 17.0. The molecule has 116 valence electrons. The number of phenols is 1. The molecule has 1 unspecified atom stereocenters. The molecule has 6 nitrogen and oxygen atoms in total. The third kappa shape index (κ3) is 5.07. The summed E-state index contributed by atoms with van der Waals surface area (Å²) < 4.78 is 0. The maximum Gasteiger partial charge on any atom is 0.326 e. The number of hydrogen-bond donors (Lipinski definition) is 4. The van der Waals surface area contributed by atoms with E-state index in [1.807, 2.05) is 20.8 Å². The summed E-state index contributed by atoms with van der Waals surface area (Å²) in [4.78, 5) is 23.3. The summed E-state index contributed by atoms with van der Waals surface area (Å²) in [6.07, 6.45) is 0.123. The van der Waals surface area contributed by atoms with Gasteiger partial charge in [-0.05, 0) is 23.1 Å². The largest absolute Gasteiger partial charge is 0.508 e. The van der Waals surface area contributed by atoms with E-state index in [0.29, 0.717) is 5.56 Å². The number of nitrogens with two attached hydrogens (primary N) is 1. The Morgan fingerprint density at radius 1 is 1.24 bits per heavy atom. The van der Waals surface area contributed by atoms with Crippen molar-refractivity contribution in [2.45, 2.75) is 39.3 Å². The Labute approximate surface area is 124 Å². The Morgan fingerprint density at radius 3 is 2.19 bits per heavy atom. The van der Waals surface area contributed by atoms with E-state index in [1.165, 1.54) is 12.1 Å². The minimum absolute atomic E-state index is 0.101. The molecule has 0 spiro atoms. The lowest BCUT2D eigenvalue weighted by atomic mass is 9.86. The number of carbonyl (C=O) groups is 2. The number of carboxylic acid groups (broad SMARTS) is 1. The smallest absolute Gasteiger partial charge is 0.326 e. The summed E-state index contributed by atoms with van der Waals surface area (Å²) in [7, 11) is 0. The lowest BCUT2D eigenvalue weighted by Crippen LogP contribution is -2.53. The van der Waals surface area contributed by atoms with Gasteiger partial charge in [-0.15, -0.1) is 0 Å². The van der Waals surface area contributed by atoms with E-state index in [-0.39, 0.29) is 12.2 Å². The molecule has 0 saturated carbocycles. The van der Waals surface area contributed by atoms with Crippen LogP contribution in [0.5, 0.6) is 5.75 Å². The topological polar surface area (TPSA) is 113 Å². The highest BCUT2D eigenvalue weighted by Gasteiger charge is 2.30. The van der Waals surface area contributed by atoms with Gasteiger partial charge in [-0.1, -0.05) is 32.9 Å². The number of amides is 1. The highest BCUT2D eigenvalue weighted by Crippen LogP contribution is 2.18. The van der Waals surface area contributed by atoms with Gasteiger partial charge in [0.25, 0.3) is 0 Å². The van der Waals surface area contributed by atoms with Gasteiger partial charge in [0.15, 0.2) is 0 Å². The number of carboxylic acids is 1. The molecule has 0 radical (unpaired) electrons. The van der Waals surface area contributed by atoms with E-state index in [9.17, 15) is 19.8 Å². The number of aliphatic carboxylic acids is 1. The van der Waals surface area contributed by atoms with Crippen LogP contribution in [0.3, 0.4) is 0 Å². The van der Waals surface area contributed by atoms with E-state index in [4.69, 9.17) is 5.73 Å². The van der Waals surface area contributed by atoms with Crippen LogP contribution >= 0.6 is 0 Å². The molecule has 0 aliphatic heterocycles. The Bertz CT molecular complexity index is 505. The molecule has 21 heavy (non-hydrogen) atoms. The Balaban J connectivity index is 2.77. The summed E-state index contributed by atoms with van der Waals surface area (Å²) >= 11 is 0. The molecule has 0 aliphatic rings. The first-order chi connectivity index (χ1) is 9.61. The van der Waals surface area contributed by atoms with E-state index < -0.39 is 29.4 Å². The fourth-order valence-corrected chi connectivity index (χ4v) is 1.72. The van der Waals surface area contributed by atoms with E-state index in [1.54, 1.807) is 12.1 Å². The first-order valence-corrected chi connectivity index (χ1v) is 6.68. The maximum absolute atomic E-state index is 12.0. The minimum Gasteiger partial charge on any atom is -0.508 e. The average Bonchev–Trinajstić information content (AvgIpc) is 2.38. The van der Waals surface area contributed by atoms with Crippen LogP contribution in [0.15, 0.2) is 24.3 Å². The van der Waals surface area contributed by atoms with Gasteiger partial charge in [0.1, 0.15) is 11.8 Å². The Kier molecular flexibility index (Phi) is 5.32. The summed E-state index contributed by atoms with van der Waals surface area (Å²) in [6, 6.07) is 4.31. The van der Waals surface area contributed by atoms with Gasteiger partial charge in [0.2, 0.25) is 5.91 Å². The normalized spacial score (nSPS) is 14.3. The van der Waals surface area contributed by atoms with Crippen molar-refractivity contribution >= 4 is 11.9 Å². The highest BCUT2D eigenvalue weighted by molar-refractivity contribution is 5.87. The summed E-state index contributed by atoms with van der Waals surface area (Å²) in [5.41, 5.74) is 6.06. The fourth-order valence-electron chi connectivity index (χ4n) is 1.72. The van der Waals surface area contributed by atoms with E-state index >= 15 is 0 Å². The minimum atomic E-state index is -1.13. The molecule has 0 bridgehead atoms. The number of benzene rings is 1. The number of nitrogens with one attached hydrogen (secondary N) is 1. The van der Waals surface area contributed by atoms with Crippen molar-refractivity contribution in [1.82, 2.24) is 5.32 Å². The zero-order valence-electron chi connectivity index (χ0n) is 12.5. The molecular formula is C15H22N2O4. The molecular weight excluding hydrogens is 272 g/mol. The molecule has 5 N–H and O–H groups in total. The SMILES string of the molecule is CC(C)(C)C(N)C(=O)N[C@@H](Cc1ccc(O)cc1)C(=O)O. The zero-order valence-corrected chi connectivity index (χ0v) is 12.5. The number of rotatable bonds is 5. The molecule has 6 heteroatoms. The van der Waals surface area contributed by atoms with Gasteiger partial charge in [-0.3, -0.25) is 4.79 Å². The van der Waals surface area contributed by atoms with Crippen molar-refractivity contribution in [2.75, 3.05) is 0 Å². The van der Waals surface area contributed by atoms with Crippen LogP contribution in [0.1, 0.15) is 26.3 Å². The predicted octanol–water partition coefficient (Wildman–Crippen LogP) is 0.877. The Morgan fingerprint density at radius 2 is 1.76 bits per heavy atom. The van der Waals surface area contributed by atoms with Gasteiger partial charge < -0.3 is 21.3 Å². The van der Waals surface area contributed by atoms with Crippen LogP contribution in [0.4, 0.5) is 0 Å². The molecule has 0 heterocycles. The quantitative estimate of drug-likeness (QED) is 0.644. The predicted molar refractivity (Wildman–Crippen MR) is 78.8 cm³/mol. The van der Waals surface area contributed by atoms with Crippen LogP contribution in [-0.2, 0) is 16.0 Å². The van der Waals surface area contributed by atoms with Crippen LogP contribution in [-0.4, -0.2) is 34.2 Å². The van der Waals surface area contributed by atoms with Crippen molar-refractivity contribution in [3.63, 3.8) is 0 Å². The van der Waals surface area contributed by atoms with Crippen molar-refractivity contribution in [3.8, 4) is 5.75 Å². The maximum atomic E-state index is 12.0. The van der Waals surface area contributed by atoms with Crippen molar-refractivity contribution in [2.24, 2.45) is 11.1 Å². The van der Waals surface area contributed by atoms with Crippen molar-refractivity contribution < 1.29 is 19.8 Å². The number of carbonyl (C=O) groups excluding carboxylic acids is 1.